The summed E-state index contributed by atoms with van der Waals surface area (Å²) in [7, 11) is 0. The van der Waals surface area contributed by atoms with E-state index in [0.29, 0.717) is 6.04 Å². The molecular formula is C10H17N. The summed E-state index contributed by atoms with van der Waals surface area (Å²) in [4.78, 5) is 4.59. The van der Waals surface area contributed by atoms with Gasteiger partial charge in [-0.2, -0.15) is 0 Å². The summed E-state index contributed by atoms with van der Waals surface area (Å²) in [5.41, 5.74) is 0. The van der Waals surface area contributed by atoms with Crippen LogP contribution in [-0.4, -0.2) is 12.3 Å². The van der Waals surface area contributed by atoms with E-state index in [0.717, 1.165) is 5.92 Å². The predicted molar refractivity (Wildman–Crippen MR) is 48.1 cm³/mol. The Morgan fingerprint density at radius 1 is 1.00 bits per heavy atom. The molecule has 2 aliphatic rings. The van der Waals surface area contributed by atoms with Crippen molar-refractivity contribution in [2.45, 2.75) is 51.0 Å². The third-order valence-electron chi connectivity index (χ3n) is 3.08. The van der Waals surface area contributed by atoms with Crippen molar-refractivity contribution in [2.75, 3.05) is 0 Å². The zero-order chi connectivity index (χ0) is 7.52. The molecule has 0 saturated heterocycles. The molecule has 1 saturated carbocycles. The van der Waals surface area contributed by atoms with Gasteiger partial charge in [-0.25, -0.2) is 0 Å². The van der Waals surface area contributed by atoms with Crippen molar-refractivity contribution in [3.8, 4) is 0 Å². The summed E-state index contributed by atoms with van der Waals surface area (Å²) < 4.78 is 0. The van der Waals surface area contributed by atoms with Crippen LogP contribution >= 0.6 is 0 Å². The zero-order valence-corrected chi connectivity index (χ0v) is 7.13. The fourth-order valence-electron chi connectivity index (χ4n) is 2.40. The summed E-state index contributed by atoms with van der Waals surface area (Å²) >= 11 is 0. The maximum atomic E-state index is 4.59. The van der Waals surface area contributed by atoms with Crippen molar-refractivity contribution in [1.29, 1.82) is 0 Å². The van der Waals surface area contributed by atoms with Gasteiger partial charge < -0.3 is 0 Å². The van der Waals surface area contributed by atoms with Gasteiger partial charge >= 0.3 is 0 Å². The minimum atomic E-state index is 0.714. The molecule has 0 aromatic rings. The first-order chi connectivity index (χ1) is 5.47. The molecule has 1 heterocycles. The third kappa shape index (κ3) is 1.63. The normalized spacial score (nSPS) is 37.8. The van der Waals surface area contributed by atoms with Crippen LogP contribution in [0.2, 0.25) is 0 Å². The molecule has 1 fully saturated rings. The van der Waals surface area contributed by atoms with E-state index in [1.165, 1.54) is 44.9 Å². The lowest BCUT2D eigenvalue weighted by Gasteiger charge is -2.24. The quantitative estimate of drug-likeness (QED) is 0.505. The number of aliphatic imine (C=N–C) groups is 1. The molecule has 0 spiro atoms. The number of hydrogen-bond acceptors (Lipinski definition) is 1. The van der Waals surface area contributed by atoms with Crippen LogP contribution in [0.15, 0.2) is 4.99 Å². The Labute approximate surface area is 68.9 Å². The fraction of sp³-hybridized carbons (Fsp3) is 0.900. The Balaban J connectivity index is 2.02. The minimum Gasteiger partial charge on any atom is -0.294 e. The smallest absolute Gasteiger partial charge is 0.0524 e. The zero-order valence-electron chi connectivity index (χ0n) is 7.13. The van der Waals surface area contributed by atoms with Crippen LogP contribution < -0.4 is 0 Å². The molecule has 2 unspecified atom stereocenters. The van der Waals surface area contributed by atoms with Gasteiger partial charge in [0.1, 0.15) is 0 Å². The summed E-state index contributed by atoms with van der Waals surface area (Å²) in [5, 5.41) is 0. The monoisotopic (exact) mass is 151 g/mol. The molecular weight excluding hydrogens is 134 g/mol. The van der Waals surface area contributed by atoms with Gasteiger partial charge in [0.25, 0.3) is 0 Å². The van der Waals surface area contributed by atoms with Gasteiger partial charge in [-0.3, -0.25) is 4.99 Å². The van der Waals surface area contributed by atoms with Gasteiger partial charge in [-0.1, -0.05) is 19.3 Å². The van der Waals surface area contributed by atoms with E-state index >= 15 is 0 Å². The van der Waals surface area contributed by atoms with Gasteiger partial charge in [0.2, 0.25) is 0 Å². The molecule has 0 aromatic carbocycles. The maximum Gasteiger partial charge on any atom is 0.0524 e. The minimum absolute atomic E-state index is 0.714. The molecule has 1 heteroatoms. The molecule has 0 amide bonds. The summed E-state index contributed by atoms with van der Waals surface area (Å²) in [5.74, 6) is 0.947. The molecule has 2 atom stereocenters. The molecule has 1 aliphatic heterocycles. The Hall–Kier alpha value is -0.330. The number of nitrogens with zero attached hydrogens (tertiary/aromatic N) is 1. The first-order valence-corrected chi connectivity index (χ1v) is 4.98. The molecule has 1 aliphatic carbocycles. The van der Waals surface area contributed by atoms with Crippen LogP contribution in [0.25, 0.3) is 0 Å². The lowest BCUT2D eigenvalue weighted by atomic mass is 9.89. The van der Waals surface area contributed by atoms with E-state index < -0.39 is 0 Å². The van der Waals surface area contributed by atoms with Crippen molar-refractivity contribution < 1.29 is 0 Å². The van der Waals surface area contributed by atoms with Gasteiger partial charge in [0.15, 0.2) is 0 Å². The van der Waals surface area contributed by atoms with Crippen molar-refractivity contribution in [3.05, 3.63) is 0 Å². The lowest BCUT2D eigenvalue weighted by molar-refractivity contribution is 0.368. The van der Waals surface area contributed by atoms with Gasteiger partial charge in [0.05, 0.1) is 6.04 Å². The van der Waals surface area contributed by atoms with E-state index in [1.54, 1.807) is 0 Å². The first-order valence-electron chi connectivity index (χ1n) is 4.98. The van der Waals surface area contributed by atoms with Crippen LogP contribution in [0.4, 0.5) is 0 Å². The van der Waals surface area contributed by atoms with Crippen molar-refractivity contribution in [3.63, 3.8) is 0 Å². The van der Waals surface area contributed by atoms with E-state index in [2.05, 4.69) is 11.2 Å². The van der Waals surface area contributed by atoms with Crippen LogP contribution in [0.5, 0.6) is 0 Å². The first kappa shape index (κ1) is 7.33. The van der Waals surface area contributed by atoms with E-state index in [9.17, 15) is 0 Å². The molecule has 0 radical (unpaired) electrons. The largest absolute Gasteiger partial charge is 0.294 e. The van der Waals surface area contributed by atoms with Crippen LogP contribution in [-0.2, 0) is 0 Å². The Morgan fingerprint density at radius 2 is 1.91 bits per heavy atom. The Kier molecular flexibility index (Phi) is 2.25. The highest BCUT2D eigenvalue weighted by molar-refractivity contribution is 5.58. The standard InChI is InChI=1S/C10H17N/c1-2-5-9-6-4-8-11-10(9)7-3-1/h8-10H,1-7H2. The van der Waals surface area contributed by atoms with Crippen molar-refractivity contribution >= 4 is 6.21 Å². The van der Waals surface area contributed by atoms with Crippen LogP contribution in [0, 0.1) is 5.92 Å². The lowest BCUT2D eigenvalue weighted by Crippen LogP contribution is -2.20. The summed E-state index contributed by atoms with van der Waals surface area (Å²) in [6.07, 6.45) is 11.9. The number of fused-ring (bicyclic) bond motifs is 1. The van der Waals surface area contributed by atoms with Crippen LogP contribution in [0.3, 0.4) is 0 Å². The van der Waals surface area contributed by atoms with E-state index in [1.807, 2.05) is 0 Å². The highest BCUT2D eigenvalue weighted by atomic mass is 14.8. The second-order valence-electron chi connectivity index (χ2n) is 3.87. The number of hydrogen-bond donors (Lipinski definition) is 0. The molecule has 11 heavy (non-hydrogen) atoms. The predicted octanol–water partition coefficient (Wildman–Crippen LogP) is 2.80. The highest BCUT2D eigenvalue weighted by Gasteiger charge is 2.23. The maximum absolute atomic E-state index is 4.59. The van der Waals surface area contributed by atoms with Crippen molar-refractivity contribution in [1.82, 2.24) is 0 Å². The second-order valence-corrected chi connectivity index (χ2v) is 3.87. The molecule has 0 N–H and O–H groups in total. The summed E-state index contributed by atoms with van der Waals surface area (Å²) in [6.45, 7) is 0. The molecule has 0 aromatic heterocycles. The second kappa shape index (κ2) is 3.38. The Bertz CT molecular complexity index is 151. The highest BCUT2D eigenvalue weighted by Crippen LogP contribution is 2.30. The van der Waals surface area contributed by atoms with E-state index in [4.69, 9.17) is 0 Å². The molecule has 1 nitrogen and oxygen atoms in total. The van der Waals surface area contributed by atoms with Crippen molar-refractivity contribution in [2.24, 2.45) is 10.9 Å². The third-order valence-corrected chi connectivity index (χ3v) is 3.08. The topological polar surface area (TPSA) is 12.4 Å². The molecule has 0 bridgehead atoms. The molecule has 62 valence electrons. The van der Waals surface area contributed by atoms with Crippen LogP contribution in [0.1, 0.15) is 44.9 Å². The SMILES string of the molecule is C1=NC2CCCCCC2CC1. The van der Waals surface area contributed by atoms with Gasteiger partial charge in [-0.15, -0.1) is 0 Å². The van der Waals surface area contributed by atoms with Gasteiger partial charge in [-0.05, 0) is 37.8 Å². The molecule has 2 rings (SSSR count). The summed E-state index contributed by atoms with van der Waals surface area (Å²) in [6, 6.07) is 0.714. The number of rotatable bonds is 0. The van der Waals surface area contributed by atoms with E-state index in [-0.39, 0.29) is 0 Å². The fourth-order valence-corrected chi connectivity index (χ4v) is 2.40. The average Bonchev–Trinajstić information content (AvgIpc) is 2.28. The Morgan fingerprint density at radius 3 is 2.91 bits per heavy atom. The average molecular weight is 151 g/mol. The van der Waals surface area contributed by atoms with Gasteiger partial charge in [0, 0.05) is 0 Å².